The molecule has 0 bridgehead atoms. The van der Waals surface area contributed by atoms with E-state index in [1.807, 2.05) is 0 Å². The maximum absolute atomic E-state index is 11.5. The zero-order valence-electron chi connectivity index (χ0n) is 11.4. The Bertz CT molecular complexity index is 193. The lowest BCUT2D eigenvalue weighted by molar-refractivity contribution is -0.145. The van der Waals surface area contributed by atoms with Crippen molar-refractivity contribution in [1.29, 1.82) is 0 Å². The van der Waals surface area contributed by atoms with E-state index >= 15 is 0 Å². The minimum Gasteiger partial charge on any atom is -0.465 e. The van der Waals surface area contributed by atoms with Crippen LogP contribution in [0.25, 0.3) is 0 Å². The summed E-state index contributed by atoms with van der Waals surface area (Å²) < 4.78 is 5.38. The van der Waals surface area contributed by atoms with Gasteiger partial charge < -0.3 is 4.74 Å². The third-order valence-corrected chi connectivity index (χ3v) is 3.69. The summed E-state index contributed by atoms with van der Waals surface area (Å²) in [7, 11) is 0. The molecule has 0 saturated heterocycles. The molecule has 0 radical (unpaired) electrons. The fourth-order valence-electron chi connectivity index (χ4n) is 2.51. The van der Waals surface area contributed by atoms with Crippen molar-refractivity contribution in [1.82, 2.24) is 0 Å². The molecule has 1 saturated carbocycles. The summed E-state index contributed by atoms with van der Waals surface area (Å²) in [6.07, 6.45) is 13.1. The first kappa shape index (κ1) is 14.5. The monoisotopic (exact) mass is 240 g/mol. The highest BCUT2D eigenvalue weighted by Crippen LogP contribution is 2.23. The highest BCUT2D eigenvalue weighted by Gasteiger charge is 2.14. The highest BCUT2D eigenvalue weighted by molar-refractivity contribution is 5.69. The topological polar surface area (TPSA) is 26.3 Å². The zero-order chi connectivity index (χ0) is 12.3. The Morgan fingerprint density at radius 2 is 1.76 bits per heavy atom. The van der Waals surface area contributed by atoms with Crippen molar-refractivity contribution < 1.29 is 9.53 Å². The Kier molecular flexibility index (Phi) is 8.12. The molecular weight excluding hydrogens is 212 g/mol. The number of rotatable bonds is 7. The molecule has 0 aromatic rings. The standard InChI is InChI=1S/C15H28O2/c1-2-3-4-9-12-15(16)17-13-14-10-7-5-6-8-11-14/h14H,2-13H2,1H3. The molecule has 1 aliphatic rings. The Hall–Kier alpha value is -0.530. The molecule has 0 amide bonds. The van der Waals surface area contributed by atoms with E-state index in [-0.39, 0.29) is 5.97 Å². The molecule has 0 aromatic heterocycles. The van der Waals surface area contributed by atoms with Gasteiger partial charge in [0, 0.05) is 6.42 Å². The van der Waals surface area contributed by atoms with E-state index in [0.29, 0.717) is 18.9 Å². The second-order valence-electron chi connectivity index (χ2n) is 5.35. The van der Waals surface area contributed by atoms with Crippen LogP contribution in [0.2, 0.25) is 0 Å². The van der Waals surface area contributed by atoms with Crippen molar-refractivity contribution >= 4 is 5.97 Å². The van der Waals surface area contributed by atoms with Crippen LogP contribution < -0.4 is 0 Å². The summed E-state index contributed by atoms with van der Waals surface area (Å²) in [5, 5.41) is 0. The predicted molar refractivity (Wildman–Crippen MR) is 70.9 cm³/mol. The van der Waals surface area contributed by atoms with Crippen LogP contribution in [-0.2, 0) is 9.53 Å². The van der Waals surface area contributed by atoms with Crippen LogP contribution in [0.3, 0.4) is 0 Å². The molecule has 0 aromatic carbocycles. The van der Waals surface area contributed by atoms with E-state index in [9.17, 15) is 4.79 Å². The first-order valence-electron chi connectivity index (χ1n) is 7.48. The van der Waals surface area contributed by atoms with Crippen LogP contribution in [0.5, 0.6) is 0 Å². The summed E-state index contributed by atoms with van der Waals surface area (Å²) >= 11 is 0. The van der Waals surface area contributed by atoms with Crippen LogP contribution in [0.1, 0.15) is 77.6 Å². The minimum atomic E-state index is 0.0188. The molecule has 1 aliphatic carbocycles. The van der Waals surface area contributed by atoms with Gasteiger partial charge in [-0.05, 0) is 25.2 Å². The Labute approximate surface area is 106 Å². The van der Waals surface area contributed by atoms with E-state index in [0.717, 1.165) is 12.8 Å². The van der Waals surface area contributed by atoms with Crippen LogP contribution in [0, 0.1) is 5.92 Å². The van der Waals surface area contributed by atoms with Crippen LogP contribution in [0.4, 0.5) is 0 Å². The smallest absolute Gasteiger partial charge is 0.305 e. The number of ether oxygens (including phenoxy) is 1. The van der Waals surface area contributed by atoms with Gasteiger partial charge in [-0.2, -0.15) is 0 Å². The molecule has 0 heterocycles. The summed E-state index contributed by atoms with van der Waals surface area (Å²) in [4.78, 5) is 11.5. The summed E-state index contributed by atoms with van der Waals surface area (Å²) in [5.74, 6) is 0.655. The molecule has 1 fully saturated rings. The zero-order valence-corrected chi connectivity index (χ0v) is 11.4. The Morgan fingerprint density at radius 1 is 1.06 bits per heavy atom. The van der Waals surface area contributed by atoms with Gasteiger partial charge in [0.2, 0.25) is 0 Å². The van der Waals surface area contributed by atoms with E-state index in [2.05, 4.69) is 6.92 Å². The van der Waals surface area contributed by atoms with Gasteiger partial charge in [0.25, 0.3) is 0 Å². The lowest BCUT2D eigenvalue weighted by Crippen LogP contribution is -2.13. The fraction of sp³-hybridized carbons (Fsp3) is 0.933. The van der Waals surface area contributed by atoms with Gasteiger partial charge in [0.15, 0.2) is 0 Å². The Balaban J connectivity index is 2.01. The van der Waals surface area contributed by atoms with Crippen molar-refractivity contribution in [2.24, 2.45) is 5.92 Å². The molecule has 2 nitrogen and oxygen atoms in total. The summed E-state index contributed by atoms with van der Waals surface area (Å²) in [5.41, 5.74) is 0. The molecule has 0 N–H and O–H groups in total. The molecule has 1 rings (SSSR count). The lowest BCUT2D eigenvalue weighted by atomic mass is 10.0. The van der Waals surface area contributed by atoms with E-state index in [1.165, 1.54) is 51.4 Å². The molecule has 0 unspecified atom stereocenters. The second kappa shape index (κ2) is 9.49. The number of hydrogen-bond acceptors (Lipinski definition) is 2. The van der Waals surface area contributed by atoms with Gasteiger partial charge >= 0.3 is 5.97 Å². The first-order chi connectivity index (χ1) is 8.33. The van der Waals surface area contributed by atoms with Crippen LogP contribution in [0.15, 0.2) is 0 Å². The van der Waals surface area contributed by atoms with E-state index < -0.39 is 0 Å². The molecule has 0 spiro atoms. The van der Waals surface area contributed by atoms with Crippen molar-refractivity contribution in [3.8, 4) is 0 Å². The summed E-state index contributed by atoms with van der Waals surface area (Å²) in [6.45, 7) is 2.86. The number of esters is 1. The molecule has 0 atom stereocenters. The fourth-order valence-corrected chi connectivity index (χ4v) is 2.51. The third-order valence-electron chi connectivity index (χ3n) is 3.69. The minimum absolute atomic E-state index is 0.0188. The molecule has 0 aliphatic heterocycles. The number of hydrogen-bond donors (Lipinski definition) is 0. The van der Waals surface area contributed by atoms with Crippen molar-refractivity contribution in [3.63, 3.8) is 0 Å². The molecular formula is C15H28O2. The normalized spacial score (nSPS) is 17.7. The maximum atomic E-state index is 11.5. The highest BCUT2D eigenvalue weighted by atomic mass is 16.5. The van der Waals surface area contributed by atoms with E-state index in [1.54, 1.807) is 0 Å². The van der Waals surface area contributed by atoms with Crippen LogP contribution in [-0.4, -0.2) is 12.6 Å². The Morgan fingerprint density at radius 3 is 2.41 bits per heavy atom. The number of carbonyl (C=O) groups is 1. The quantitative estimate of drug-likeness (QED) is 0.373. The van der Waals surface area contributed by atoms with Gasteiger partial charge in [-0.1, -0.05) is 51.9 Å². The predicted octanol–water partition coefficient (Wildman–Crippen LogP) is 4.47. The first-order valence-corrected chi connectivity index (χ1v) is 7.48. The average Bonchev–Trinajstić information content (AvgIpc) is 2.60. The largest absolute Gasteiger partial charge is 0.465 e. The van der Waals surface area contributed by atoms with Gasteiger partial charge in [-0.3, -0.25) is 4.79 Å². The molecule has 17 heavy (non-hydrogen) atoms. The average molecular weight is 240 g/mol. The third kappa shape index (κ3) is 7.40. The van der Waals surface area contributed by atoms with Gasteiger partial charge in [-0.25, -0.2) is 0 Å². The van der Waals surface area contributed by atoms with Crippen molar-refractivity contribution in [3.05, 3.63) is 0 Å². The SMILES string of the molecule is CCCCCCC(=O)OCC1CCCCCC1. The maximum Gasteiger partial charge on any atom is 0.305 e. The molecule has 2 heteroatoms. The number of carbonyl (C=O) groups excluding carboxylic acids is 1. The van der Waals surface area contributed by atoms with Crippen LogP contribution >= 0.6 is 0 Å². The number of unbranched alkanes of at least 4 members (excludes halogenated alkanes) is 3. The van der Waals surface area contributed by atoms with Gasteiger partial charge in [-0.15, -0.1) is 0 Å². The molecule has 100 valence electrons. The van der Waals surface area contributed by atoms with Gasteiger partial charge in [0.05, 0.1) is 6.61 Å². The van der Waals surface area contributed by atoms with E-state index in [4.69, 9.17) is 4.74 Å². The van der Waals surface area contributed by atoms with Crippen molar-refractivity contribution in [2.75, 3.05) is 6.61 Å². The summed E-state index contributed by atoms with van der Waals surface area (Å²) in [6, 6.07) is 0. The lowest BCUT2D eigenvalue weighted by Gasteiger charge is -2.13. The van der Waals surface area contributed by atoms with Gasteiger partial charge in [0.1, 0.15) is 0 Å². The second-order valence-corrected chi connectivity index (χ2v) is 5.35. The van der Waals surface area contributed by atoms with Crippen molar-refractivity contribution in [2.45, 2.75) is 77.6 Å².